The summed E-state index contributed by atoms with van der Waals surface area (Å²) in [5.74, 6) is 4.90. The number of hydrogen-bond donors (Lipinski definition) is 0. The molecule has 3 aliphatic rings. The van der Waals surface area contributed by atoms with Gasteiger partial charge in [-0.05, 0) is 60.7 Å². The summed E-state index contributed by atoms with van der Waals surface area (Å²) >= 11 is 0. The molecule has 3 fully saturated rings. The largest absolute Gasteiger partial charge is 0.198 e. The van der Waals surface area contributed by atoms with Crippen LogP contribution >= 0.6 is 0 Å². The topological polar surface area (TPSA) is 23.8 Å². The maximum atomic E-state index is 9.10. The summed E-state index contributed by atoms with van der Waals surface area (Å²) in [6.45, 7) is 7.30. The van der Waals surface area contributed by atoms with Gasteiger partial charge in [0.2, 0.25) is 0 Å². The Morgan fingerprint density at radius 3 is 2.50 bits per heavy atom. The lowest BCUT2D eigenvalue weighted by molar-refractivity contribution is 0.0541. The summed E-state index contributed by atoms with van der Waals surface area (Å²) in [6, 6.07) is 2.52. The van der Waals surface area contributed by atoms with E-state index in [2.05, 4.69) is 26.8 Å². The van der Waals surface area contributed by atoms with E-state index in [1.54, 1.807) is 0 Å². The quantitative estimate of drug-likeness (QED) is 0.654. The van der Waals surface area contributed by atoms with Gasteiger partial charge in [-0.1, -0.05) is 20.8 Å². The Balaban J connectivity index is 1.85. The first-order chi connectivity index (χ1) is 7.56. The van der Waals surface area contributed by atoms with E-state index in [9.17, 15) is 0 Å². The number of hydrogen-bond acceptors (Lipinski definition) is 1. The molecule has 0 heterocycles. The average molecular weight is 217 g/mol. The normalized spacial score (nSPS) is 54.3. The molecular weight excluding hydrogens is 194 g/mol. The highest BCUT2D eigenvalue weighted by Crippen LogP contribution is 2.68. The van der Waals surface area contributed by atoms with Gasteiger partial charge in [-0.25, -0.2) is 0 Å². The van der Waals surface area contributed by atoms with Crippen LogP contribution in [0.5, 0.6) is 0 Å². The third-order valence-electron chi connectivity index (χ3n) is 6.39. The predicted molar refractivity (Wildman–Crippen MR) is 64.5 cm³/mol. The molecule has 0 saturated heterocycles. The molecule has 3 aliphatic carbocycles. The fraction of sp³-hybridized carbons (Fsp3) is 0.933. The first-order valence-corrected chi connectivity index (χ1v) is 6.96. The van der Waals surface area contributed by atoms with Gasteiger partial charge in [-0.3, -0.25) is 0 Å². The van der Waals surface area contributed by atoms with Crippen molar-refractivity contribution in [1.82, 2.24) is 0 Å². The van der Waals surface area contributed by atoms with Crippen LogP contribution in [-0.4, -0.2) is 0 Å². The van der Waals surface area contributed by atoms with Crippen molar-refractivity contribution >= 4 is 0 Å². The number of nitriles is 1. The van der Waals surface area contributed by atoms with E-state index >= 15 is 0 Å². The SMILES string of the molecule is CC(C)C1(C)CC2CC1C1CC(C#N)CC21. The first kappa shape index (κ1) is 10.6. The summed E-state index contributed by atoms with van der Waals surface area (Å²) in [4.78, 5) is 0. The van der Waals surface area contributed by atoms with Crippen LogP contribution in [0.1, 0.15) is 46.5 Å². The van der Waals surface area contributed by atoms with Crippen LogP contribution in [0.2, 0.25) is 0 Å². The van der Waals surface area contributed by atoms with Gasteiger partial charge in [0.05, 0.1) is 6.07 Å². The van der Waals surface area contributed by atoms with E-state index in [-0.39, 0.29) is 0 Å². The lowest BCUT2D eigenvalue weighted by Gasteiger charge is -2.43. The van der Waals surface area contributed by atoms with Gasteiger partial charge < -0.3 is 0 Å². The highest BCUT2D eigenvalue weighted by molar-refractivity contribution is 5.11. The molecule has 0 aromatic rings. The van der Waals surface area contributed by atoms with Crippen LogP contribution in [0.15, 0.2) is 0 Å². The molecule has 1 nitrogen and oxygen atoms in total. The molecule has 0 aliphatic heterocycles. The van der Waals surface area contributed by atoms with Crippen molar-refractivity contribution in [1.29, 1.82) is 5.26 Å². The van der Waals surface area contributed by atoms with Gasteiger partial charge in [-0.15, -0.1) is 0 Å². The monoisotopic (exact) mass is 217 g/mol. The van der Waals surface area contributed by atoms with E-state index in [0.717, 1.165) is 29.6 Å². The smallest absolute Gasteiger partial charge is 0.0656 e. The van der Waals surface area contributed by atoms with E-state index in [4.69, 9.17) is 5.26 Å². The van der Waals surface area contributed by atoms with Gasteiger partial charge in [0, 0.05) is 5.92 Å². The van der Waals surface area contributed by atoms with Crippen molar-refractivity contribution in [2.45, 2.75) is 46.5 Å². The molecular formula is C15H23N. The van der Waals surface area contributed by atoms with Crippen molar-refractivity contribution in [2.24, 2.45) is 40.9 Å². The van der Waals surface area contributed by atoms with Crippen LogP contribution in [0.25, 0.3) is 0 Å². The fourth-order valence-corrected chi connectivity index (χ4v) is 5.26. The molecule has 0 spiro atoms. The maximum absolute atomic E-state index is 9.10. The van der Waals surface area contributed by atoms with E-state index < -0.39 is 0 Å². The second kappa shape index (κ2) is 3.25. The highest BCUT2D eigenvalue weighted by atomic mass is 14.7. The molecule has 3 saturated carbocycles. The Morgan fingerprint density at radius 2 is 1.88 bits per heavy atom. The van der Waals surface area contributed by atoms with Crippen molar-refractivity contribution in [3.05, 3.63) is 0 Å². The number of fused-ring (bicyclic) bond motifs is 5. The van der Waals surface area contributed by atoms with Crippen molar-refractivity contribution in [3.63, 3.8) is 0 Å². The van der Waals surface area contributed by atoms with Crippen molar-refractivity contribution in [3.8, 4) is 6.07 Å². The van der Waals surface area contributed by atoms with Gasteiger partial charge in [0.15, 0.2) is 0 Å². The van der Waals surface area contributed by atoms with Gasteiger partial charge in [0.1, 0.15) is 0 Å². The Kier molecular flexibility index (Phi) is 2.16. The van der Waals surface area contributed by atoms with Crippen LogP contribution < -0.4 is 0 Å². The molecule has 6 atom stereocenters. The lowest BCUT2D eigenvalue weighted by atomic mass is 9.62. The Hall–Kier alpha value is -0.510. The molecule has 0 aromatic carbocycles. The second-order valence-corrected chi connectivity index (χ2v) is 7.09. The number of nitrogens with zero attached hydrogens (tertiary/aromatic N) is 1. The highest BCUT2D eigenvalue weighted by Gasteiger charge is 2.60. The molecule has 1 heteroatoms. The summed E-state index contributed by atoms with van der Waals surface area (Å²) in [5, 5.41) is 9.10. The molecule has 0 radical (unpaired) electrons. The number of rotatable bonds is 1. The third kappa shape index (κ3) is 1.17. The first-order valence-electron chi connectivity index (χ1n) is 6.96. The minimum absolute atomic E-state index is 0.384. The van der Waals surface area contributed by atoms with Crippen LogP contribution in [0.4, 0.5) is 0 Å². The molecule has 0 N–H and O–H groups in total. The van der Waals surface area contributed by atoms with Crippen molar-refractivity contribution in [2.75, 3.05) is 0 Å². The summed E-state index contributed by atoms with van der Waals surface area (Å²) in [7, 11) is 0. The minimum atomic E-state index is 0.384. The standard InChI is InChI=1S/C15H23N/c1-9(2)15(3)7-11-6-14(15)13-5-10(8-16)4-12(11)13/h9-14H,4-7H2,1-3H3. The molecule has 16 heavy (non-hydrogen) atoms. The minimum Gasteiger partial charge on any atom is -0.198 e. The second-order valence-electron chi connectivity index (χ2n) is 7.09. The molecule has 88 valence electrons. The van der Waals surface area contributed by atoms with Gasteiger partial charge in [-0.2, -0.15) is 5.26 Å². The summed E-state index contributed by atoms with van der Waals surface area (Å²) < 4.78 is 0. The Bertz CT molecular complexity index is 340. The average Bonchev–Trinajstić information content (AvgIpc) is 2.85. The Morgan fingerprint density at radius 1 is 1.19 bits per heavy atom. The van der Waals surface area contributed by atoms with E-state index in [1.165, 1.54) is 25.7 Å². The predicted octanol–water partition coefficient (Wildman–Crippen LogP) is 3.85. The van der Waals surface area contributed by atoms with Gasteiger partial charge in [0.25, 0.3) is 0 Å². The lowest BCUT2D eigenvalue weighted by Crippen LogP contribution is -2.36. The van der Waals surface area contributed by atoms with Crippen LogP contribution in [0, 0.1) is 52.3 Å². The Labute approximate surface area is 99.2 Å². The van der Waals surface area contributed by atoms with E-state index in [0.29, 0.717) is 11.3 Å². The summed E-state index contributed by atoms with van der Waals surface area (Å²) in [5.41, 5.74) is 0.580. The molecule has 0 amide bonds. The third-order valence-corrected chi connectivity index (χ3v) is 6.39. The molecule has 6 unspecified atom stereocenters. The molecule has 0 aromatic heterocycles. The molecule has 2 bridgehead atoms. The zero-order valence-corrected chi connectivity index (χ0v) is 10.7. The maximum Gasteiger partial charge on any atom is 0.0656 e. The van der Waals surface area contributed by atoms with Crippen molar-refractivity contribution < 1.29 is 0 Å². The zero-order chi connectivity index (χ0) is 11.5. The zero-order valence-electron chi connectivity index (χ0n) is 10.7. The molecule has 3 rings (SSSR count). The fourth-order valence-electron chi connectivity index (χ4n) is 5.26. The van der Waals surface area contributed by atoms with Gasteiger partial charge >= 0.3 is 0 Å². The van der Waals surface area contributed by atoms with Crippen LogP contribution in [-0.2, 0) is 0 Å². The van der Waals surface area contributed by atoms with Crippen LogP contribution in [0.3, 0.4) is 0 Å². The summed E-state index contributed by atoms with van der Waals surface area (Å²) in [6.07, 6.45) is 5.35. The van der Waals surface area contributed by atoms with E-state index in [1.807, 2.05) is 0 Å².